The minimum absolute atomic E-state index is 0.294. The molecule has 1 aliphatic carbocycles. The van der Waals surface area contributed by atoms with Crippen molar-refractivity contribution in [3.63, 3.8) is 0 Å². The van der Waals surface area contributed by atoms with Gasteiger partial charge in [-0.3, -0.25) is 0 Å². The zero-order chi connectivity index (χ0) is 13.3. The van der Waals surface area contributed by atoms with Crippen LogP contribution in [0, 0.1) is 17.1 Å². The first kappa shape index (κ1) is 13.0. The van der Waals surface area contributed by atoms with E-state index < -0.39 is 17.8 Å². The van der Waals surface area contributed by atoms with Gasteiger partial charge < -0.3 is 9.84 Å². The molecule has 0 radical (unpaired) electrons. The number of nitriles is 1. The topological polar surface area (TPSA) is 53.2 Å². The molecule has 0 saturated carbocycles. The molecule has 18 heavy (non-hydrogen) atoms. The monoisotopic (exact) mass is 249 g/mol. The first-order chi connectivity index (χ1) is 8.50. The first-order valence-corrected chi connectivity index (χ1v) is 6.05. The van der Waals surface area contributed by atoms with E-state index in [2.05, 4.69) is 6.07 Å². The quantitative estimate of drug-likeness (QED) is 0.894. The van der Waals surface area contributed by atoms with E-state index in [-0.39, 0.29) is 5.82 Å². The van der Waals surface area contributed by atoms with Gasteiger partial charge in [-0.05, 0) is 38.3 Å². The molecule has 1 aliphatic rings. The number of aliphatic hydroxyl groups excluding tert-OH is 1. The van der Waals surface area contributed by atoms with E-state index >= 15 is 0 Å². The van der Waals surface area contributed by atoms with Crippen molar-refractivity contribution in [3.8, 4) is 6.07 Å². The van der Waals surface area contributed by atoms with E-state index in [4.69, 9.17) is 4.74 Å². The van der Waals surface area contributed by atoms with E-state index in [9.17, 15) is 14.8 Å². The van der Waals surface area contributed by atoms with Gasteiger partial charge in [-0.2, -0.15) is 5.26 Å². The molecule has 0 heterocycles. The predicted octanol–water partition coefficient (Wildman–Crippen LogP) is 2.28. The fourth-order valence-electron chi connectivity index (χ4n) is 2.31. The van der Waals surface area contributed by atoms with Crippen molar-refractivity contribution in [2.75, 3.05) is 0 Å². The Morgan fingerprint density at radius 1 is 1.50 bits per heavy atom. The van der Waals surface area contributed by atoms with Crippen LogP contribution in [0.1, 0.15) is 31.4 Å². The van der Waals surface area contributed by atoms with E-state index in [0.29, 0.717) is 24.0 Å². The van der Waals surface area contributed by atoms with Crippen molar-refractivity contribution >= 4 is 0 Å². The fourth-order valence-corrected chi connectivity index (χ4v) is 2.31. The fraction of sp³-hybridized carbons (Fsp3) is 0.500. The molecule has 96 valence electrons. The molecule has 1 N–H and O–H groups in total. The highest BCUT2D eigenvalue weighted by Gasteiger charge is 2.43. The van der Waals surface area contributed by atoms with Gasteiger partial charge in [-0.15, -0.1) is 0 Å². The van der Waals surface area contributed by atoms with Crippen LogP contribution in [0.3, 0.4) is 0 Å². The number of fused-ring (bicyclic) bond motifs is 1. The summed E-state index contributed by atoms with van der Waals surface area (Å²) in [5, 5.41) is 18.9. The minimum atomic E-state index is -1.13. The normalized spacial score (nSPS) is 25.3. The summed E-state index contributed by atoms with van der Waals surface area (Å²) in [6, 6.07) is 6.85. The molecular formula is C14H16FNO2. The Labute approximate surface area is 106 Å². The summed E-state index contributed by atoms with van der Waals surface area (Å²) in [7, 11) is 0. The van der Waals surface area contributed by atoms with Crippen LogP contribution in [0.25, 0.3) is 0 Å². The second kappa shape index (κ2) is 4.68. The molecule has 0 amide bonds. The summed E-state index contributed by atoms with van der Waals surface area (Å²) in [6.07, 6.45) is -0.231. The van der Waals surface area contributed by atoms with Crippen LogP contribution < -0.4 is 0 Å². The molecule has 3 unspecified atom stereocenters. The van der Waals surface area contributed by atoms with E-state index in [0.717, 1.165) is 0 Å². The summed E-state index contributed by atoms with van der Waals surface area (Å²) in [5.74, 6) is -0.294. The van der Waals surface area contributed by atoms with Gasteiger partial charge in [0.2, 0.25) is 0 Å². The number of hydrogen-bond acceptors (Lipinski definition) is 3. The maximum absolute atomic E-state index is 13.7. The lowest BCUT2D eigenvalue weighted by Gasteiger charge is -2.28. The molecule has 1 aromatic rings. The Hall–Kier alpha value is -1.44. The molecular weight excluding hydrogens is 233 g/mol. The summed E-state index contributed by atoms with van der Waals surface area (Å²) >= 11 is 0. The highest BCUT2D eigenvalue weighted by atomic mass is 19.1. The van der Waals surface area contributed by atoms with Crippen molar-refractivity contribution in [3.05, 3.63) is 35.1 Å². The van der Waals surface area contributed by atoms with Crippen molar-refractivity contribution in [2.24, 2.45) is 0 Å². The van der Waals surface area contributed by atoms with E-state index in [1.165, 1.54) is 6.07 Å². The molecule has 0 fully saturated rings. The van der Waals surface area contributed by atoms with Crippen LogP contribution in [-0.4, -0.2) is 17.3 Å². The summed E-state index contributed by atoms with van der Waals surface area (Å²) in [4.78, 5) is 0. The summed E-state index contributed by atoms with van der Waals surface area (Å²) in [6.45, 7) is 3.32. The second-order valence-electron chi connectivity index (χ2n) is 4.77. The van der Waals surface area contributed by atoms with Gasteiger partial charge >= 0.3 is 0 Å². The van der Waals surface area contributed by atoms with Crippen LogP contribution in [0.2, 0.25) is 0 Å². The van der Waals surface area contributed by atoms with Gasteiger partial charge in [-0.25, -0.2) is 4.39 Å². The number of aliphatic hydroxyl groups is 1. The third kappa shape index (κ3) is 2.00. The number of benzene rings is 1. The van der Waals surface area contributed by atoms with Gasteiger partial charge in [0.25, 0.3) is 0 Å². The van der Waals surface area contributed by atoms with Gasteiger partial charge in [0, 0.05) is 5.56 Å². The number of hydrogen-bond donors (Lipinski definition) is 1. The lowest BCUT2D eigenvalue weighted by molar-refractivity contribution is -0.0984. The zero-order valence-electron chi connectivity index (χ0n) is 10.5. The van der Waals surface area contributed by atoms with Crippen LogP contribution in [-0.2, 0) is 16.8 Å². The van der Waals surface area contributed by atoms with Crippen LogP contribution in [0.4, 0.5) is 4.39 Å². The second-order valence-corrected chi connectivity index (χ2v) is 4.77. The summed E-state index contributed by atoms with van der Waals surface area (Å²) < 4.78 is 19.4. The van der Waals surface area contributed by atoms with Gasteiger partial charge in [0.1, 0.15) is 11.9 Å². The first-order valence-electron chi connectivity index (χ1n) is 6.05. The Bertz CT molecular complexity index is 495. The largest absolute Gasteiger partial charge is 0.391 e. The van der Waals surface area contributed by atoms with Crippen molar-refractivity contribution in [2.45, 2.75) is 44.5 Å². The lowest BCUT2D eigenvalue weighted by atomic mass is 9.96. The third-order valence-electron chi connectivity index (χ3n) is 3.53. The zero-order valence-corrected chi connectivity index (χ0v) is 10.5. The van der Waals surface area contributed by atoms with Crippen LogP contribution in [0.5, 0.6) is 0 Å². The Morgan fingerprint density at radius 3 is 2.83 bits per heavy atom. The number of nitrogens with zero attached hydrogens (tertiary/aromatic N) is 1. The molecule has 0 spiro atoms. The molecule has 1 aromatic carbocycles. The molecule has 0 aromatic heterocycles. The van der Waals surface area contributed by atoms with Crippen LogP contribution >= 0.6 is 0 Å². The number of ether oxygens (including phenoxy) is 1. The Kier molecular flexibility index (Phi) is 3.38. The average molecular weight is 249 g/mol. The van der Waals surface area contributed by atoms with Gasteiger partial charge in [-0.1, -0.05) is 12.1 Å². The average Bonchev–Trinajstić information content (AvgIpc) is 2.70. The Morgan fingerprint density at radius 2 is 2.22 bits per heavy atom. The predicted molar refractivity (Wildman–Crippen MR) is 64.2 cm³/mol. The minimum Gasteiger partial charge on any atom is -0.391 e. The smallest absolute Gasteiger partial charge is 0.180 e. The molecule has 3 atom stereocenters. The molecule has 4 heteroatoms. The number of halogens is 1. The van der Waals surface area contributed by atoms with E-state index in [1.807, 2.05) is 0 Å². The van der Waals surface area contributed by atoms with Crippen molar-refractivity contribution < 1.29 is 14.2 Å². The Balaban J connectivity index is 2.39. The number of rotatable bonds is 3. The summed E-state index contributed by atoms with van der Waals surface area (Å²) in [5.41, 5.74) is 0.0164. The highest BCUT2D eigenvalue weighted by Crippen LogP contribution is 2.41. The molecule has 0 bridgehead atoms. The molecule has 0 aliphatic heterocycles. The van der Waals surface area contributed by atoms with Gasteiger partial charge in [0.15, 0.2) is 5.60 Å². The van der Waals surface area contributed by atoms with Crippen molar-refractivity contribution in [1.82, 2.24) is 0 Å². The maximum atomic E-state index is 13.7. The standard InChI is InChI=1S/C14H16FNO2/c1-9(17)10(2)18-14(8-16)7-6-11-12(14)4-3-5-13(11)15/h3-5,9-10,17H,6-7H2,1-2H3. The van der Waals surface area contributed by atoms with E-state index in [1.54, 1.807) is 26.0 Å². The van der Waals surface area contributed by atoms with Crippen LogP contribution in [0.15, 0.2) is 18.2 Å². The van der Waals surface area contributed by atoms with Crippen molar-refractivity contribution in [1.29, 1.82) is 5.26 Å². The SMILES string of the molecule is CC(O)C(C)OC1(C#N)CCc2c(F)cccc21. The van der Waals surface area contributed by atoms with Gasteiger partial charge in [0.05, 0.1) is 12.2 Å². The molecule has 3 nitrogen and oxygen atoms in total. The lowest BCUT2D eigenvalue weighted by Crippen LogP contribution is -2.34. The maximum Gasteiger partial charge on any atom is 0.180 e. The highest BCUT2D eigenvalue weighted by molar-refractivity contribution is 5.42. The third-order valence-corrected chi connectivity index (χ3v) is 3.53. The molecule has 0 saturated heterocycles. The molecule has 2 rings (SSSR count).